The molecule has 2 rings (SSSR count). The van der Waals surface area contributed by atoms with Crippen LogP contribution in [0.15, 0.2) is 40.9 Å². The van der Waals surface area contributed by atoms with E-state index < -0.39 is 17.9 Å². The van der Waals surface area contributed by atoms with E-state index in [1.807, 2.05) is 30.3 Å². The Hall–Kier alpha value is -1.88. The monoisotopic (exact) mass is 322 g/mol. The third-order valence-corrected chi connectivity index (χ3v) is 3.90. The average Bonchev–Trinajstić information content (AvgIpc) is 2.37. The van der Waals surface area contributed by atoms with Gasteiger partial charge in [0.05, 0.1) is 0 Å². The molecule has 0 spiro atoms. The largest absolute Gasteiger partial charge is 0.481 e. The summed E-state index contributed by atoms with van der Waals surface area (Å²) in [5, 5.41) is 19.8. The van der Waals surface area contributed by atoms with Gasteiger partial charge in [0.15, 0.2) is 5.92 Å². The summed E-state index contributed by atoms with van der Waals surface area (Å²) >= 11 is 3.42. The summed E-state index contributed by atoms with van der Waals surface area (Å²) in [5.74, 6) is -4.09. The van der Waals surface area contributed by atoms with Crippen LogP contribution in [0.1, 0.15) is 5.56 Å². The van der Waals surface area contributed by atoms with Gasteiger partial charge in [0, 0.05) is 4.47 Å². The Labute approximate surface area is 117 Å². The number of hydrogen-bond donors (Lipinski definition) is 2. The predicted molar refractivity (Wildman–Crippen MR) is 74.1 cm³/mol. The van der Waals surface area contributed by atoms with Crippen molar-refractivity contribution in [3.63, 3.8) is 0 Å². The highest BCUT2D eigenvalue weighted by molar-refractivity contribution is 9.10. The number of rotatable bonds is 4. The molecule has 2 aromatic carbocycles. The first kappa shape index (κ1) is 13.5. The van der Waals surface area contributed by atoms with E-state index in [4.69, 9.17) is 10.2 Å². The number of halogens is 1. The zero-order valence-electron chi connectivity index (χ0n) is 9.84. The highest BCUT2D eigenvalue weighted by Gasteiger charge is 2.26. The van der Waals surface area contributed by atoms with E-state index in [9.17, 15) is 9.59 Å². The molecule has 0 amide bonds. The van der Waals surface area contributed by atoms with E-state index >= 15 is 0 Å². The van der Waals surface area contributed by atoms with E-state index in [0.717, 1.165) is 15.2 Å². The van der Waals surface area contributed by atoms with Crippen molar-refractivity contribution in [3.8, 4) is 0 Å². The molecule has 0 radical (unpaired) electrons. The Kier molecular flexibility index (Phi) is 3.85. The molecule has 2 aromatic rings. The molecule has 0 aromatic heterocycles. The number of carboxylic acids is 2. The molecule has 5 heteroatoms. The van der Waals surface area contributed by atoms with Gasteiger partial charge in [-0.05, 0) is 38.7 Å². The van der Waals surface area contributed by atoms with Crippen molar-refractivity contribution in [2.75, 3.05) is 0 Å². The molecule has 0 bridgehead atoms. The summed E-state index contributed by atoms with van der Waals surface area (Å²) in [6, 6.07) is 11.2. The van der Waals surface area contributed by atoms with Crippen molar-refractivity contribution in [2.45, 2.75) is 6.42 Å². The minimum atomic E-state index is -1.43. The number of hydrogen-bond acceptors (Lipinski definition) is 2. The Balaban J connectivity index is 2.43. The van der Waals surface area contributed by atoms with Gasteiger partial charge in [0.25, 0.3) is 0 Å². The van der Waals surface area contributed by atoms with E-state index in [-0.39, 0.29) is 6.42 Å². The van der Waals surface area contributed by atoms with Crippen LogP contribution in [-0.4, -0.2) is 22.2 Å². The zero-order valence-corrected chi connectivity index (χ0v) is 11.4. The highest BCUT2D eigenvalue weighted by Crippen LogP contribution is 2.29. The molecular formula is C14H11BrO4. The van der Waals surface area contributed by atoms with Gasteiger partial charge >= 0.3 is 11.9 Å². The lowest BCUT2D eigenvalue weighted by atomic mass is 9.97. The second-order valence-electron chi connectivity index (χ2n) is 4.19. The first-order valence-corrected chi connectivity index (χ1v) is 6.41. The highest BCUT2D eigenvalue weighted by atomic mass is 79.9. The fourth-order valence-electron chi connectivity index (χ4n) is 1.94. The van der Waals surface area contributed by atoms with Gasteiger partial charge in [-0.2, -0.15) is 0 Å². The van der Waals surface area contributed by atoms with Crippen LogP contribution in [0, 0.1) is 5.92 Å². The molecule has 98 valence electrons. The van der Waals surface area contributed by atoms with Crippen molar-refractivity contribution < 1.29 is 19.8 Å². The quantitative estimate of drug-likeness (QED) is 0.849. The maximum absolute atomic E-state index is 10.9. The fourth-order valence-corrected chi connectivity index (χ4v) is 2.59. The molecule has 0 saturated carbocycles. The molecule has 19 heavy (non-hydrogen) atoms. The van der Waals surface area contributed by atoms with Gasteiger partial charge in [0.1, 0.15) is 0 Å². The Morgan fingerprint density at radius 2 is 1.68 bits per heavy atom. The van der Waals surface area contributed by atoms with Gasteiger partial charge in [-0.1, -0.05) is 36.4 Å². The summed E-state index contributed by atoms with van der Waals surface area (Å²) in [6.07, 6.45) is -0.0456. The number of fused-ring (bicyclic) bond motifs is 1. The maximum atomic E-state index is 10.9. The molecule has 0 aliphatic carbocycles. The third-order valence-electron chi connectivity index (χ3n) is 2.96. The van der Waals surface area contributed by atoms with E-state index in [1.54, 1.807) is 6.07 Å². The van der Waals surface area contributed by atoms with Crippen LogP contribution in [0.2, 0.25) is 0 Å². The fraction of sp³-hybridized carbons (Fsp3) is 0.143. The van der Waals surface area contributed by atoms with Crippen molar-refractivity contribution in [3.05, 3.63) is 46.4 Å². The van der Waals surface area contributed by atoms with Crippen molar-refractivity contribution in [1.82, 2.24) is 0 Å². The predicted octanol–water partition coefficient (Wildman–Crippen LogP) is 2.93. The molecule has 0 unspecified atom stereocenters. The van der Waals surface area contributed by atoms with Crippen molar-refractivity contribution >= 4 is 38.6 Å². The summed E-state index contributed by atoms with van der Waals surface area (Å²) < 4.78 is 0.748. The van der Waals surface area contributed by atoms with Gasteiger partial charge in [-0.3, -0.25) is 9.59 Å². The lowest BCUT2D eigenvalue weighted by molar-refractivity contribution is -0.154. The lowest BCUT2D eigenvalue weighted by Crippen LogP contribution is -2.25. The van der Waals surface area contributed by atoms with Crippen LogP contribution >= 0.6 is 15.9 Å². The number of carbonyl (C=O) groups is 2. The second kappa shape index (κ2) is 5.40. The molecule has 0 aliphatic rings. The molecule has 2 N–H and O–H groups in total. The first-order valence-electron chi connectivity index (χ1n) is 5.62. The Morgan fingerprint density at radius 3 is 2.32 bits per heavy atom. The molecule has 4 nitrogen and oxygen atoms in total. The van der Waals surface area contributed by atoms with Crippen LogP contribution in [-0.2, 0) is 16.0 Å². The topological polar surface area (TPSA) is 74.6 Å². The molecule has 0 atom stereocenters. The van der Waals surface area contributed by atoms with Gasteiger partial charge in [-0.25, -0.2) is 0 Å². The van der Waals surface area contributed by atoms with Crippen molar-refractivity contribution in [2.24, 2.45) is 5.92 Å². The van der Waals surface area contributed by atoms with E-state index in [1.165, 1.54) is 0 Å². The molecule has 0 saturated heterocycles. The lowest BCUT2D eigenvalue weighted by Gasteiger charge is -2.11. The van der Waals surface area contributed by atoms with Crippen LogP contribution in [0.25, 0.3) is 10.8 Å². The Morgan fingerprint density at radius 1 is 1.05 bits per heavy atom. The van der Waals surface area contributed by atoms with Gasteiger partial charge in [-0.15, -0.1) is 0 Å². The molecule has 0 heterocycles. The van der Waals surface area contributed by atoms with Crippen molar-refractivity contribution in [1.29, 1.82) is 0 Å². The van der Waals surface area contributed by atoms with E-state index in [2.05, 4.69) is 15.9 Å². The normalized spacial score (nSPS) is 10.8. The number of benzene rings is 2. The number of carboxylic acid groups (broad SMARTS) is 2. The summed E-state index contributed by atoms with van der Waals surface area (Å²) in [5.41, 5.74) is 0.675. The minimum absolute atomic E-state index is 0.0456. The Bertz CT molecular complexity index is 637. The van der Waals surface area contributed by atoms with E-state index in [0.29, 0.717) is 5.56 Å². The summed E-state index contributed by atoms with van der Waals surface area (Å²) in [4.78, 5) is 21.8. The van der Waals surface area contributed by atoms with Crippen LogP contribution < -0.4 is 0 Å². The smallest absolute Gasteiger partial charge is 0.318 e. The summed E-state index contributed by atoms with van der Waals surface area (Å²) in [6.45, 7) is 0. The van der Waals surface area contributed by atoms with Crippen LogP contribution in [0.5, 0.6) is 0 Å². The van der Waals surface area contributed by atoms with Crippen LogP contribution in [0.3, 0.4) is 0 Å². The third kappa shape index (κ3) is 2.76. The average molecular weight is 323 g/mol. The number of aliphatic carboxylic acids is 2. The second-order valence-corrected chi connectivity index (χ2v) is 4.99. The van der Waals surface area contributed by atoms with Crippen LogP contribution in [0.4, 0.5) is 0 Å². The standard InChI is InChI=1S/C14H11BrO4/c15-12-9(7-11(13(16)17)14(18)19)6-5-8-3-1-2-4-10(8)12/h1-6,11H,7H2,(H,16,17)(H,18,19). The minimum Gasteiger partial charge on any atom is -0.481 e. The van der Waals surface area contributed by atoms with Gasteiger partial charge in [0.2, 0.25) is 0 Å². The first-order chi connectivity index (χ1) is 9.00. The molecule has 0 fully saturated rings. The molecular weight excluding hydrogens is 312 g/mol. The zero-order chi connectivity index (χ0) is 14.0. The molecule has 0 aliphatic heterocycles. The maximum Gasteiger partial charge on any atom is 0.318 e. The summed E-state index contributed by atoms with van der Waals surface area (Å²) in [7, 11) is 0. The SMILES string of the molecule is O=C(O)C(Cc1ccc2ccccc2c1Br)C(=O)O. The van der Waals surface area contributed by atoms with Gasteiger partial charge < -0.3 is 10.2 Å².